The van der Waals surface area contributed by atoms with Crippen molar-refractivity contribution in [2.75, 3.05) is 13.7 Å². The first-order valence-corrected chi connectivity index (χ1v) is 14.1. The van der Waals surface area contributed by atoms with Crippen LogP contribution in [0.4, 0.5) is 4.79 Å². The number of hydrogen-bond donors (Lipinski definition) is 0. The van der Waals surface area contributed by atoms with E-state index in [1.807, 2.05) is 6.07 Å². The third kappa shape index (κ3) is 11.1. The number of aryl methyl sites for hydroxylation is 1. The molecule has 0 heterocycles. The third-order valence-electron chi connectivity index (χ3n) is 7.60. The fraction of sp³-hybridized carbons (Fsp3) is 0.529. The molecule has 40 heavy (non-hydrogen) atoms. The quantitative estimate of drug-likeness (QED) is 0.158. The highest BCUT2D eigenvalue weighted by atomic mass is 16.7. The van der Waals surface area contributed by atoms with Crippen molar-refractivity contribution in [2.24, 2.45) is 17.3 Å². The summed E-state index contributed by atoms with van der Waals surface area (Å²) in [5.74, 6) is 1.43. The van der Waals surface area contributed by atoms with Gasteiger partial charge in [-0.25, -0.2) is 9.59 Å². The monoisotopic (exact) mass is 552 g/mol. The van der Waals surface area contributed by atoms with Gasteiger partial charge in [-0.1, -0.05) is 65.5 Å². The highest BCUT2D eigenvalue weighted by Gasteiger charge is 2.31. The Morgan fingerprint density at radius 3 is 2.35 bits per heavy atom. The number of esters is 1. The van der Waals surface area contributed by atoms with Gasteiger partial charge in [-0.05, 0) is 86.0 Å². The molecule has 3 rings (SSSR count). The topological polar surface area (TPSA) is 71.1 Å². The normalized spacial score (nSPS) is 17.9. The number of rotatable bonds is 11. The zero-order valence-electron chi connectivity index (χ0n) is 24.1. The smallest absolute Gasteiger partial charge is 0.497 e. The van der Waals surface area contributed by atoms with E-state index >= 15 is 0 Å². The van der Waals surface area contributed by atoms with Crippen LogP contribution < -0.4 is 9.47 Å². The van der Waals surface area contributed by atoms with Crippen LogP contribution in [0.5, 0.6) is 11.5 Å². The summed E-state index contributed by atoms with van der Waals surface area (Å²) >= 11 is 0. The zero-order valence-corrected chi connectivity index (χ0v) is 24.1. The lowest BCUT2D eigenvalue weighted by Crippen LogP contribution is -2.31. The molecule has 1 atom stereocenters. The Hall–Kier alpha value is -3.28. The van der Waals surface area contributed by atoms with E-state index in [0.29, 0.717) is 29.8 Å². The van der Waals surface area contributed by atoms with Crippen LogP contribution in [-0.2, 0) is 20.7 Å². The standard InChI is InChI=1S/C33H44O6.CH4/c1-24(11-12-25-9-7-6-8-10-25)21-22-37-31(34)20-14-26-13-17-29(36-5)23-30(26)39-32(35)38-28-18-15-27(16-19-28)33(2,3)4;/h6-10,13-14,17,20,23-24,27-28H,11-12,15-16,18-19,21-22H2,1-5H3;1H4/b20-14+;. The van der Waals surface area contributed by atoms with Crippen LogP contribution in [0.25, 0.3) is 6.08 Å². The van der Waals surface area contributed by atoms with Gasteiger partial charge >= 0.3 is 12.1 Å². The minimum absolute atomic E-state index is 0. The maximum Gasteiger partial charge on any atom is 0.514 e. The predicted molar refractivity (Wildman–Crippen MR) is 161 cm³/mol. The van der Waals surface area contributed by atoms with Crippen molar-refractivity contribution in [1.29, 1.82) is 0 Å². The molecule has 0 saturated heterocycles. The van der Waals surface area contributed by atoms with E-state index < -0.39 is 12.1 Å². The van der Waals surface area contributed by atoms with E-state index in [1.165, 1.54) is 11.6 Å². The fourth-order valence-corrected chi connectivity index (χ4v) is 4.93. The van der Waals surface area contributed by atoms with Crippen molar-refractivity contribution >= 4 is 18.2 Å². The number of ether oxygens (including phenoxy) is 4. The minimum atomic E-state index is -0.746. The molecule has 2 aromatic rings. The van der Waals surface area contributed by atoms with Gasteiger partial charge in [0.05, 0.1) is 13.7 Å². The van der Waals surface area contributed by atoms with E-state index in [0.717, 1.165) is 44.9 Å². The first kappa shape index (κ1) is 32.9. The van der Waals surface area contributed by atoms with E-state index in [2.05, 4.69) is 52.0 Å². The molecular weight excluding hydrogens is 504 g/mol. The molecule has 0 aliphatic heterocycles. The molecule has 0 radical (unpaired) electrons. The van der Waals surface area contributed by atoms with Crippen molar-refractivity contribution in [3.8, 4) is 11.5 Å². The maximum absolute atomic E-state index is 12.6. The van der Waals surface area contributed by atoms with Crippen LogP contribution in [-0.4, -0.2) is 31.9 Å². The van der Waals surface area contributed by atoms with Crippen molar-refractivity contribution < 1.29 is 28.5 Å². The Kier molecular flexibility index (Phi) is 13.3. The average Bonchev–Trinajstić information content (AvgIpc) is 2.91. The number of carbonyl (C=O) groups is 2. The molecule has 1 unspecified atom stereocenters. The highest BCUT2D eigenvalue weighted by molar-refractivity contribution is 5.87. The molecule has 1 saturated carbocycles. The molecule has 1 aliphatic rings. The molecule has 0 spiro atoms. The summed E-state index contributed by atoms with van der Waals surface area (Å²) in [6.45, 7) is 9.30. The molecule has 6 nitrogen and oxygen atoms in total. The predicted octanol–water partition coefficient (Wildman–Crippen LogP) is 8.67. The van der Waals surface area contributed by atoms with Crippen molar-refractivity contribution in [1.82, 2.24) is 0 Å². The summed E-state index contributed by atoms with van der Waals surface area (Å²) in [5, 5.41) is 0. The average molecular weight is 553 g/mol. The second-order valence-electron chi connectivity index (χ2n) is 11.6. The Morgan fingerprint density at radius 1 is 1.00 bits per heavy atom. The number of hydrogen-bond acceptors (Lipinski definition) is 6. The lowest BCUT2D eigenvalue weighted by molar-refractivity contribution is -0.138. The highest BCUT2D eigenvalue weighted by Crippen LogP contribution is 2.38. The molecular formula is C34H48O6. The fourth-order valence-electron chi connectivity index (χ4n) is 4.93. The van der Waals surface area contributed by atoms with Gasteiger partial charge in [0.2, 0.25) is 0 Å². The Morgan fingerprint density at radius 2 is 1.70 bits per heavy atom. The van der Waals surface area contributed by atoms with Gasteiger partial charge in [0, 0.05) is 17.7 Å². The molecule has 220 valence electrons. The van der Waals surface area contributed by atoms with Gasteiger partial charge in [0.25, 0.3) is 0 Å². The SMILES string of the molecule is C.COc1ccc(/C=C/C(=O)OCCC(C)CCc2ccccc2)c(OC(=O)OC2CCC(C(C)(C)C)CC2)c1. The molecule has 0 amide bonds. The summed E-state index contributed by atoms with van der Waals surface area (Å²) in [7, 11) is 1.54. The van der Waals surface area contributed by atoms with Crippen LogP contribution in [0.3, 0.4) is 0 Å². The van der Waals surface area contributed by atoms with Crippen molar-refractivity contribution in [3.05, 3.63) is 65.7 Å². The largest absolute Gasteiger partial charge is 0.514 e. The summed E-state index contributed by atoms with van der Waals surface area (Å²) in [6, 6.07) is 15.5. The first-order chi connectivity index (χ1) is 18.6. The number of benzene rings is 2. The summed E-state index contributed by atoms with van der Waals surface area (Å²) < 4.78 is 21.9. The van der Waals surface area contributed by atoms with Crippen LogP contribution in [0.15, 0.2) is 54.6 Å². The Labute approximate surface area is 241 Å². The van der Waals surface area contributed by atoms with E-state index in [4.69, 9.17) is 18.9 Å². The van der Waals surface area contributed by atoms with Crippen LogP contribution in [0, 0.1) is 17.3 Å². The maximum atomic E-state index is 12.6. The van der Waals surface area contributed by atoms with E-state index in [-0.39, 0.29) is 24.7 Å². The number of carbonyl (C=O) groups excluding carboxylic acids is 2. The lowest BCUT2D eigenvalue weighted by atomic mass is 9.72. The van der Waals surface area contributed by atoms with Gasteiger partial charge < -0.3 is 18.9 Å². The first-order valence-electron chi connectivity index (χ1n) is 14.1. The van der Waals surface area contributed by atoms with E-state index in [1.54, 1.807) is 31.4 Å². The van der Waals surface area contributed by atoms with Crippen molar-refractivity contribution in [2.45, 2.75) is 86.2 Å². The van der Waals surface area contributed by atoms with Gasteiger partial charge in [-0.15, -0.1) is 0 Å². The zero-order chi connectivity index (χ0) is 28.3. The van der Waals surface area contributed by atoms with Crippen LogP contribution in [0.1, 0.15) is 84.8 Å². The Bertz CT molecular complexity index is 1080. The molecule has 6 heteroatoms. The van der Waals surface area contributed by atoms with Gasteiger partial charge in [-0.3, -0.25) is 0 Å². The molecule has 2 aromatic carbocycles. The summed E-state index contributed by atoms with van der Waals surface area (Å²) in [4.78, 5) is 24.9. The lowest BCUT2D eigenvalue weighted by Gasteiger charge is -2.36. The molecule has 0 aromatic heterocycles. The Balaban J connectivity index is 0.00000560. The molecule has 0 N–H and O–H groups in total. The third-order valence-corrected chi connectivity index (χ3v) is 7.60. The van der Waals surface area contributed by atoms with Gasteiger partial charge in [-0.2, -0.15) is 0 Å². The number of methoxy groups -OCH3 is 1. The van der Waals surface area contributed by atoms with Crippen LogP contribution in [0.2, 0.25) is 0 Å². The van der Waals surface area contributed by atoms with Crippen LogP contribution >= 0.6 is 0 Å². The molecule has 1 fully saturated rings. The molecule has 1 aliphatic carbocycles. The summed E-state index contributed by atoms with van der Waals surface area (Å²) in [5.41, 5.74) is 2.13. The van der Waals surface area contributed by atoms with Crippen molar-refractivity contribution in [3.63, 3.8) is 0 Å². The second-order valence-corrected chi connectivity index (χ2v) is 11.6. The summed E-state index contributed by atoms with van der Waals surface area (Å²) in [6.07, 6.45) is 8.61. The van der Waals surface area contributed by atoms with Gasteiger partial charge in [0.1, 0.15) is 17.6 Å². The second kappa shape index (κ2) is 16.1. The van der Waals surface area contributed by atoms with E-state index in [9.17, 15) is 9.59 Å². The van der Waals surface area contributed by atoms with Gasteiger partial charge in [0.15, 0.2) is 0 Å². The molecule has 0 bridgehead atoms. The minimum Gasteiger partial charge on any atom is -0.497 e.